The zero-order valence-corrected chi connectivity index (χ0v) is 18.3. The summed E-state index contributed by atoms with van der Waals surface area (Å²) < 4.78 is 21.1. The molecule has 1 amide bonds. The zero-order valence-electron chi connectivity index (χ0n) is 18.3. The smallest absolute Gasteiger partial charge is 0.338 e. The average molecular weight is 429 g/mol. The molecule has 0 aliphatic rings. The van der Waals surface area contributed by atoms with Gasteiger partial charge in [0.25, 0.3) is 5.91 Å². The minimum Gasteiger partial charge on any atom is -0.495 e. The van der Waals surface area contributed by atoms with E-state index in [2.05, 4.69) is 5.32 Å². The molecular weight excluding hydrogens is 402 g/mol. The van der Waals surface area contributed by atoms with Crippen LogP contribution in [0, 0.1) is 5.41 Å². The van der Waals surface area contributed by atoms with Crippen molar-refractivity contribution in [3.8, 4) is 17.2 Å². The van der Waals surface area contributed by atoms with Crippen LogP contribution in [0.25, 0.3) is 0 Å². The highest BCUT2D eigenvalue weighted by Gasteiger charge is 2.23. The van der Waals surface area contributed by atoms with Gasteiger partial charge in [-0.1, -0.05) is 32.9 Å². The van der Waals surface area contributed by atoms with E-state index in [0.29, 0.717) is 11.4 Å². The average Bonchev–Trinajstić information content (AvgIpc) is 2.75. The van der Waals surface area contributed by atoms with Gasteiger partial charge in [-0.25, -0.2) is 4.79 Å². The molecule has 0 aliphatic carbocycles. The van der Waals surface area contributed by atoms with Crippen molar-refractivity contribution in [2.24, 2.45) is 5.41 Å². The third-order valence-electron chi connectivity index (χ3n) is 4.31. The Morgan fingerprint density at radius 2 is 1.55 bits per heavy atom. The second-order valence-electron chi connectivity index (χ2n) is 7.65. The van der Waals surface area contributed by atoms with Crippen LogP contribution in [0.2, 0.25) is 0 Å². The van der Waals surface area contributed by atoms with Crippen LogP contribution >= 0.6 is 0 Å². The van der Waals surface area contributed by atoms with Crippen LogP contribution in [0.5, 0.6) is 17.2 Å². The molecule has 8 heteroatoms. The Bertz CT molecular complexity index is 947. The van der Waals surface area contributed by atoms with Crippen molar-refractivity contribution >= 4 is 23.3 Å². The van der Waals surface area contributed by atoms with Crippen LogP contribution in [-0.2, 0) is 14.3 Å². The number of carbonyl (C=O) groups excluding carboxylic acids is 3. The number of rotatable bonds is 9. The molecule has 0 saturated heterocycles. The molecule has 31 heavy (non-hydrogen) atoms. The maximum atomic E-state index is 12.2. The van der Waals surface area contributed by atoms with E-state index in [0.717, 1.165) is 0 Å². The van der Waals surface area contributed by atoms with Crippen molar-refractivity contribution in [1.29, 1.82) is 0 Å². The summed E-state index contributed by atoms with van der Waals surface area (Å²) >= 11 is 0. The van der Waals surface area contributed by atoms with Gasteiger partial charge in [0, 0.05) is 5.41 Å². The highest BCUT2D eigenvalue weighted by molar-refractivity contribution is 5.94. The summed E-state index contributed by atoms with van der Waals surface area (Å²) in [6.07, 6.45) is 0. The van der Waals surface area contributed by atoms with E-state index in [1.165, 1.54) is 32.4 Å². The normalized spacial score (nSPS) is 10.7. The Balaban J connectivity index is 1.99. The van der Waals surface area contributed by atoms with Crippen molar-refractivity contribution in [3.05, 3.63) is 48.0 Å². The SMILES string of the molecule is COc1ccccc1NC(=O)COc1ccc(C(=O)OCC(=O)C(C)(C)C)cc1OC. The molecule has 2 aromatic rings. The van der Waals surface area contributed by atoms with Crippen LogP contribution in [0.1, 0.15) is 31.1 Å². The fourth-order valence-electron chi connectivity index (χ4n) is 2.42. The fourth-order valence-corrected chi connectivity index (χ4v) is 2.42. The number of Topliss-reactive ketones (excluding diaryl/α,β-unsaturated/α-hetero) is 1. The summed E-state index contributed by atoms with van der Waals surface area (Å²) in [7, 11) is 2.92. The number of anilines is 1. The molecule has 0 fully saturated rings. The molecule has 166 valence electrons. The van der Waals surface area contributed by atoms with E-state index >= 15 is 0 Å². The second-order valence-corrected chi connectivity index (χ2v) is 7.65. The lowest BCUT2D eigenvalue weighted by atomic mass is 9.91. The quantitative estimate of drug-likeness (QED) is 0.609. The first-order valence-electron chi connectivity index (χ1n) is 9.60. The molecule has 0 aromatic heterocycles. The molecule has 0 heterocycles. The Morgan fingerprint density at radius 1 is 0.871 bits per heavy atom. The summed E-state index contributed by atoms with van der Waals surface area (Å²) in [5.41, 5.74) is 0.123. The molecule has 1 N–H and O–H groups in total. The number of nitrogens with one attached hydrogen (secondary N) is 1. The van der Waals surface area contributed by atoms with Gasteiger partial charge in [0.1, 0.15) is 5.75 Å². The first-order chi connectivity index (χ1) is 14.7. The maximum Gasteiger partial charge on any atom is 0.338 e. The lowest BCUT2D eigenvalue weighted by molar-refractivity contribution is -0.129. The molecule has 0 spiro atoms. The molecule has 2 rings (SSSR count). The Morgan fingerprint density at radius 3 is 2.19 bits per heavy atom. The number of ketones is 1. The van der Waals surface area contributed by atoms with Crippen molar-refractivity contribution in [1.82, 2.24) is 0 Å². The van der Waals surface area contributed by atoms with Crippen LogP contribution in [0.3, 0.4) is 0 Å². The first kappa shape index (κ1) is 23.7. The molecular formula is C23H27NO7. The highest BCUT2D eigenvalue weighted by Crippen LogP contribution is 2.29. The summed E-state index contributed by atoms with van der Waals surface area (Å²) in [6, 6.07) is 11.4. The summed E-state index contributed by atoms with van der Waals surface area (Å²) in [5.74, 6) is -0.177. The third-order valence-corrected chi connectivity index (χ3v) is 4.31. The highest BCUT2D eigenvalue weighted by atomic mass is 16.5. The van der Waals surface area contributed by atoms with E-state index < -0.39 is 17.3 Å². The molecule has 0 radical (unpaired) electrons. The summed E-state index contributed by atoms with van der Waals surface area (Å²) in [6.45, 7) is 4.66. The number of hydrogen-bond donors (Lipinski definition) is 1. The number of benzene rings is 2. The fraction of sp³-hybridized carbons (Fsp3) is 0.348. The van der Waals surface area contributed by atoms with Gasteiger partial charge in [0.15, 0.2) is 30.5 Å². The monoisotopic (exact) mass is 429 g/mol. The number of carbonyl (C=O) groups is 3. The topological polar surface area (TPSA) is 100 Å². The van der Waals surface area contributed by atoms with Crippen molar-refractivity contribution in [2.45, 2.75) is 20.8 Å². The summed E-state index contributed by atoms with van der Waals surface area (Å²) in [4.78, 5) is 36.4. The van der Waals surface area contributed by atoms with Gasteiger partial charge >= 0.3 is 5.97 Å². The van der Waals surface area contributed by atoms with Gasteiger partial charge in [-0.2, -0.15) is 0 Å². The Labute approximate surface area is 181 Å². The number of ether oxygens (including phenoxy) is 4. The number of amides is 1. The number of esters is 1. The van der Waals surface area contributed by atoms with E-state index in [1.807, 2.05) is 0 Å². The van der Waals surface area contributed by atoms with Crippen LogP contribution < -0.4 is 19.5 Å². The van der Waals surface area contributed by atoms with Gasteiger partial charge in [-0.3, -0.25) is 9.59 Å². The second kappa shape index (κ2) is 10.5. The zero-order chi connectivity index (χ0) is 23.0. The standard InChI is InChI=1S/C23H27NO7/c1-23(2,3)20(25)13-31-22(27)15-10-11-18(19(12-15)29-5)30-14-21(26)24-16-8-6-7-9-17(16)28-4/h6-12H,13-14H2,1-5H3,(H,24,26). The van der Waals surface area contributed by atoms with Gasteiger partial charge in [0.05, 0.1) is 25.5 Å². The van der Waals surface area contributed by atoms with E-state index in [9.17, 15) is 14.4 Å². The number of hydrogen-bond acceptors (Lipinski definition) is 7. The van der Waals surface area contributed by atoms with Crippen LogP contribution in [-0.4, -0.2) is 45.1 Å². The Hall–Kier alpha value is -3.55. The van der Waals surface area contributed by atoms with Crippen LogP contribution in [0.15, 0.2) is 42.5 Å². The minimum atomic E-state index is -0.656. The number of methoxy groups -OCH3 is 2. The van der Waals surface area contributed by atoms with Gasteiger partial charge in [-0.05, 0) is 30.3 Å². The molecule has 0 aliphatic heterocycles. The van der Waals surface area contributed by atoms with Gasteiger partial charge in [-0.15, -0.1) is 0 Å². The predicted molar refractivity (Wildman–Crippen MR) is 115 cm³/mol. The molecule has 8 nitrogen and oxygen atoms in total. The largest absolute Gasteiger partial charge is 0.495 e. The van der Waals surface area contributed by atoms with Crippen molar-refractivity contribution in [3.63, 3.8) is 0 Å². The maximum absolute atomic E-state index is 12.2. The molecule has 0 atom stereocenters. The van der Waals surface area contributed by atoms with Crippen molar-refractivity contribution < 1.29 is 33.3 Å². The van der Waals surface area contributed by atoms with Crippen molar-refractivity contribution in [2.75, 3.05) is 32.8 Å². The molecule has 0 saturated carbocycles. The molecule has 2 aromatic carbocycles. The first-order valence-corrected chi connectivity index (χ1v) is 9.60. The van der Waals surface area contributed by atoms with E-state index in [1.54, 1.807) is 45.0 Å². The van der Waals surface area contributed by atoms with Gasteiger partial charge in [0.2, 0.25) is 0 Å². The summed E-state index contributed by atoms with van der Waals surface area (Å²) in [5, 5.41) is 2.70. The molecule has 0 bridgehead atoms. The lowest BCUT2D eigenvalue weighted by Gasteiger charge is -2.16. The Kier molecular flexibility index (Phi) is 8.01. The predicted octanol–water partition coefficient (Wildman–Crippen LogP) is 3.49. The lowest BCUT2D eigenvalue weighted by Crippen LogP contribution is -2.26. The third kappa shape index (κ3) is 6.74. The molecule has 0 unspecified atom stereocenters. The number of para-hydroxylation sites is 2. The van der Waals surface area contributed by atoms with Crippen LogP contribution in [0.4, 0.5) is 5.69 Å². The van der Waals surface area contributed by atoms with E-state index in [4.69, 9.17) is 18.9 Å². The van der Waals surface area contributed by atoms with E-state index in [-0.39, 0.29) is 36.1 Å². The minimum absolute atomic E-state index is 0.186. The van der Waals surface area contributed by atoms with Gasteiger partial charge < -0.3 is 24.3 Å².